The molecule has 1 saturated heterocycles. The Bertz CT molecular complexity index is 972. The molecule has 1 heterocycles. The first-order chi connectivity index (χ1) is 14.3. The lowest BCUT2D eigenvalue weighted by atomic mass is 10.1. The number of hydrogen-bond acceptors (Lipinski definition) is 4. The average molecular weight is 441 g/mol. The molecule has 30 heavy (non-hydrogen) atoms. The summed E-state index contributed by atoms with van der Waals surface area (Å²) in [7, 11) is -4.29. The zero-order chi connectivity index (χ0) is 21.7. The van der Waals surface area contributed by atoms with Crippen LogP contribution in [-0.4, -0.2) is 62.8 Å². The van der Waals surface area contributed by atoms with Crippen molar-refractivity contribution in [1.82, 2.24) is 14.5 Å². The van der Waals surface area contributed by atoms with E-state index in [1.54, 1.807) is 17.0 Å². The van der Waals surface area contributed by atoms with Crippen LogP contribution in [0.5, 0.6) is 0 Å². The first-order valence-corrected chi connectivity index (χ1v) is 10.9. The summed E-state index contributed by atoms with van der Waals surface area (Å²) in [6.07, 6.45) is 0.562. The maximum absolute atomic E-state index is 13.9. The van der Waals surface area contributed by atoms with Gasteiger partial charge in [0.05, 0.1) is 6.54 Å². The number of halogens is 3. The predicted molar refractivity (Wildman–Crippen MR) is 105 cm³/mol. The highest BCUT2D eigenvalue weighted by molar-refractivity contribution is 7.89. The molecule has 2 aromatic rings. The summed E-state index contributed by atoms with van der Waals surface area (Å²) < 4.78 is 66.8. The zero-order valence-electron chi connectivity index (χ0n) is 16.2. The van der Waals surface area contributed by atoms with Crippen LogP contribution in [0, 0.1) is 17.5 Å². The lowest BCUT2D eigenvalue weighted by Gasteiger charge is -2.33. The molecule has 0 atom stereocenters. The number of nitrogens with zero attached hydrogens (tertiary/aromatic N) is 2. The van der Waals surface area contributed by atoms with Crippen LogP contribution in [0.2, 0.25) is 0 Å². The van der Waals surface area contributed by atoms with Gasteiger partial charge in [0.25, 0.3) is 0 Å². The molecule has 162 valence electrons. The number of hydrogen-bond donors (Lipinski definition) is 1. The summed E-state index contributed by atoms with van der Waals surface area (Å²) in [6.45, 7) is 1.07. The van der Waals surface area contributed by atoms with Gasteiger partial charge in [-0.2, -0.15) is 4.31 Å². The van der Waals surface area contributed by atoms with Crippen LogP contribution in [0.25, 0.3) is 0 Å². The highest BCUT2D eigenvalue weighted by Crippen LogP contribution is 2.23. The van der Waals surface area contributed by atoms with Gasteiger partial charge < -0.3 is 5.32 Å². The van der Waals surface area contributed by atoms with Crippen molar-refractivity contribution in [3.05, 3.63) is 65.5 Å². The number of nitrogens with one attached hydrogen (secondary N) is 1. The third-order valence-electron chi connectivity index (χ3n) is 4.86. The maximum Gasteiger partial charge on any atom is 0.249 e. The normalized spacial score (nSPS) is 15.8. The summed E-state index contributed by atoms with van der Waals surface area (Å²) in [6, 6.07) is 8.94. The molecule has 1 amide bonds. The van der Waals surface area contributed by atoms with Crippen LogP contribution < -0.4 is 5.32 Å². The molecule has 1 fully saturated rings. The van der Waals surface area contributed by atoms with Gasteiger partial charge in [-0.05, 0) is 36.2 Å². The summed E-state index contributed by atoms with van der Waals surface area (Å²) in [5.41, 5.74) is 0.899. The van der Waals surface area contributed by atoms with Crippen LogP contribution >= 0.6 is 0 Å². The van der Waals surface area contributed by atoms with Crippen LogP contribution in [0.15, 0.2) is 47.4 Å². The average Bonchev–Trinajstić information content (AvgIpc) is 2.69. The number of sulfonamides is 1. The van der Waals surface area contributed by atoms with E-state index in [0.29, 0.717) is 13.0 Å². The number of rotatable bonds is 7. The topological polar surface area (TPSA) is 69.7 Å². The molecule has 0 unspecified atom stereocenters. The Morgan fingerprint density at radius 3 is 2.13 bits per heavy atom. The monoisotopic (exact) mass is 441 g/mol. The molecule has 1 aliphatic rings. The van der Waals surface area contributed by atoms with E-state index in [4.69, 9.17) is 0 Å². The molecule has 0 saturated carbocycles. The molecule has 6 nitrogen and oxygen atoms in total. The minimum atomic E-state index is -4.29. The van der Waals surface area contributed by atoms with E-state index < -0.39 is 26.6 Å². The van der Waals surface area contributed by atoms with Crippen LogP contribution in [0.4, 0.5) is 13.2 Å². The summed E-state index contributed by atoms with van der Waals surface area (Å²) in [5.74, 6) is -2.79. The fourth-order valence-electron chi connectivity index (χ4n) is 3.24. The van der Waals surface area contributed by atoms with Crippen LogP contribution in [-0.2, 0) is 21.2 Å². The summed E-state index contributed by atoms with van der Waals surface area (Å²) >= 11 is 0. The smallest absolute Gasteiger partial charge is 0.249 e. The number of carbonyl (C=O) groups excluding carboxylic acids is 1. The minimum absolute atomic E-state index is 0.0268. The highest BCUT2D eigenvalue weighted by Gasteiger charge is 2.33. The molecule has 1 N–H and O–H groups in total. The number of amides is 1. The Kier molecular flexibility index (Phi) is 7.11. The Labute approximate surface area is 173 Å². The Hall–Kier alpha value is -2.43. The van der Waals surface area contributed by atoms with E-state index in [1.165, 1.54) is 12.1 Å². The fraction of sp³-hybridized carbons (Fsp3) is 0.350. The van der Waals surface area contributed by atoms with Crippen LogP contribution in [0.3, 0.4) is 0 Å². The molecule has 10 heteroatoms. The van der Waals surface area contributed by atoms with Gasteiger partial charge in [0.2, 0.25) is 15.9 Å². The van der Waals surface area contributed by atoms with Crippen molar-refractivity contribution in [1.29, 1.82) is 0 Å². The van der Waals surface area contributed by atoms with E-state index in [1.807, 2.05) is 0 Å². The molecule has 0 bridgehead atoms. The molecule has 1 aliphatic heterocycles. The van der Waals surface area contributed by atoms with Crippen molar-refractivity contribution < 1.29 is 26.4 Å². The molecule has 0 spiro atoms. The van der Waals surface area contributed by atoms with Gasteiger partial charge in [0, 0.05) is 32.7 Å². The molecule has 0 aromatic heterocycles. The van der Waals surface area contributed by atoms with Gasteiger partial charge in [-0.3, -0.25) is 9.69 Å². The van der Waals surface area contributed by atoms with E-state index in [0.717, 1.165) is 28.1 Å². The summed E-state index contributed by atoms with van der Waals surface area (Å²) in [5, 5.41) is 2.77. The van der Waals surface area contributed by atoms with Gasteiger partial charge in [-0.15, -0.1) is 0 Å². The second kappa shape index (κ2) is 9.59. The Balaban J connectivity index is 1.47. The second-order valence-corrected chi connectivity index (χ2v) is 8.83. The third-order valence-corrected chi connectivity index (χ3v) is 6.82. The molecule has 0 aliphatic carbocycles. The summed E-state index contributed by atoms with van der Waals surface area (Å²) in [4.78, 5) is 12.9. The first-order valence-electron chi connectivity index (χ1n) is 9.45. The predicted octanol–water partition coefficient (Wildman–Crippen LogP) is 1.77. The second-order valence-electron chi connectivity index (χ2n) is 6.96. The van der Waals surface area contributed by atoms with E-state index in [-0.39, 0.29) is 44.4 Å². The lowest BCUT2D eigenvalue weighted by molar-refractivity contribution is -0.122. The number of piperazine rings is 1. The minimum Gasteiger partial charge on any atom is -0.355 e. The first kappa shape index (κ1) is 22.3. The quantitative estimate of drug-likeness (QED) is 0.711. The largest absolute Gasteiger partial charge is 0.355 e. The SMILES string of the molecule is O=C(CN1CCN(S(=O)(=O)c2c(F)cccc2F)CC1)NCCc1ccc(F)cc1. The molecule has 2 aromatic carbocycles. The van der Waals surface area contributed by atoms with E-state index in [2.05, 4.69) is 5.32 Å². The van der Waals surface area contributed by atoms with Gasteiger partial charge in [0.15, 0.2) is 4.90 Å². The van der Waals surface area contributed by atoms with Gasteiger partial charge in [-0.1, -0.05) is 18.2 Å². The molecule has 3 rings (SSSR count). The molecule has 0 radical (unpaired) electrons. The van der Waals surface area contributed by atoms with E-state index in [9.17, 15) is 26.4 Å². The molecular weight excluding hydrogens is 419 g/mol. The third kappa shape index (κ3) is 5.38. The van der Waals surface area contributed by atoms with Crippen molar-refractivity contribution in [3.8, 4) is 0 Å². The fourth-order valence-corrected chi connectivity index (χ4v) is 4.77. The van der Waals surface area contributed by atoms with Crippen molar-refractivity contribution in [3.63, 3.8) is 0 Å². The van der Waals surface area contributed by atoms with Crippen molar-refractivity contribution in [2.75, 3.05) is 39.3 Å². The maximum atomic E-state index is 13.9. The zero-order valence-corrected chi connectivity index (χ0v) is 17.0. The van der Waals surface area contributed by atoms with Crippen molar-refractivity contribution >= 4 is 15.9 Å². The number of benzene rings is 2. The highest BCUT2D eigenvalue weighted by atomic mass is 32.2. The van der Waals surface area contributed by atoms with Gasteiger partial charge >= 0.3 is 0 Å². The lowest BCUT2D eigenvalue weighted by Crippen LogP contribution is -2.51. The van der Waals surface area contributed by atoms with Crippen molar-refractivity contribution in [2.24, 2.45) is 0 Å². The van der Waals surface area contributed by atoms with E-state index >= 15 is 0 Å². The van der Waals surface area contributed by atoms with Gasteiger partial charge in [-0.25, -0.2) is 21.6 Å². The Morgan fingerprint density at radius 1 is 0.933 bits per heavy atom. The van der Waals surface area contributed by atoms with Crippen molar-refractivity contribution in [2.45, 2.75) is 11.3 Å². The Morgan fingerprint density at radius 2 is 1.53 bits per heavy atom. The molecular formula is C20H22F3N3O3S. The number of carbonyl (C=O) groups is 1. The standard InChI is InChI=1S/C20H22F3N3O3S/c21-16-6-4-15(5-7-16)8-9-24-19(27)14-25-10-12-26(13-11-25)30(28,29)20-17(22)2-1-3-18(20)23/h1-7H,8-14H2,(H,24,27). The van der Waals surface area contributed by atoms with Crippen LogP contribution in [0.1, 0.15) is 5.56 Å². The van der Waals surface area contributed by atoms with Gasteiger partial charge in [0.1, 0.15) is 17.5 Å².